The van der Waals surface area contributed by atoms with Crippen molar-refractivity contribution < 1.29 is 9.59 Å². The van der Waals surface area contributed by atoms with Crippen LogP contribution in [0, 0.1) is 0 Å². The quantitative estimate of drug-likeness (QED) is 0.415. The van der Waals surface area contributed by atoms with Crippen molar-refractivity contribution in [2.45, 2.75) is 11.7 Å². The summed E-state index contributed by atoms with van der Waals surface area (Å²) in [6.45, 7) is 1.36. The van der Waals surface area contributed by atoms with Crippen LogP contribution in [0.4, 0.5) is 10.5 Å². The first-order valence-electron chi connectivity index (χ1n) is 8.59. The van der Waals surface area contributed by atoms with E-state index < -0.39 is 0 Å². The lowest BCUT2D eigenvalue weighted by Gasteiger charge is -2.32. The number of nitrogens with two attached hydrogens (primary N) is 1. The van der Waals surface area contributed by atoms with Crippen LogP contribution in [-0.2, 0) is 6.42 Å². The second kappa shape index (κ2) is 9.12. The average molecular weight is 405 g/mol. The van der Waals surface area contributed by atoms with Gasteiger partial charge in [-0.05, 0) is 36.2 Å². The number of hydrogen-bond donors (Lipinski definition) is 3. The lowest BCUT2D eigenvalue weighted by molar-refractivity contribution is 0.0953. The van der Waals surface area contributed by atoms with E-state index in [1.807, 2.05) is 53.1 Å². The van der Waals surface area contributed by atoms with Gasteiger partial charge in [-0.1, -0.05) is 35.9 Å². The van der Waals surface area contributed by atoms with E-state index in [9.17, 15) is 9.59 Å². The molecule has 1 aliphatic rings. The standard InChI is InChI=1S/C19H21ClN4O2S/c20-17-11-14(18(25)23-21)7-6-13(17)10-16-12-24(8-9-27-16)19(26)22-15-4-2-1-3-5-15/h1-7,11,16H,8-10,12,21H2,(H,22,26)(H,23,25). The number of nitrogen functional groups attached to an aromatic ring is 1. The van der Waals surface area contributed by atoms with Crippen LogP contribution in [0.1, 0.15) is 15.9 Å². The highest BCUT2D eigenvalue weighted by molar-refractivity contribution is 8.00. The molecular weight excluding hydrogens is 384 g/mol. The normalized spacial score (nSPS) is 16.7. The zero-order chi connectivity index (χ0) is 19.2. The van der Waals surface area contributed by atoms with E-state index in [0.29, 0.717) is 23.7 Å². The van der Waals surface area contributed by atoms with Crippen molar-refractivity contribution >= 4 is 41.0 Å². The second-order valence-corrected chi connectivity index (χ2v) is 8.03. The number of carbonyl (C=O) groups is 2. The molecule has 3 rings (SSSR count). The minimum Gasteiger partial charge on any atom is -0.323 e. The van der Waals surface area contributed by atoms with E-state index in [-0.39, 0.29) is 17.2 Å². The van der Waals surface area contributed by atoms with Crippen LogP contribution in [0.15, 0.2) is 48.5 Å². The molecule has 0 bridgehead atoms. The van der Waals surface area contributed by atoms with Gasteiger partial charge in [0.1, 0.15) is 0 Å². The maximum atomic E-state index is 12.5. The minimum atomic E-state index is -0.376. The summed E-state index contributed by atoms with van der Waals surface area (Å²) in [6.07, 6.45) is 0.725. The highest BCUT2D eigenvalue weighted by atomic mass is 35.5. The third-order valence-electron chi connectivity index (χ3n) is 4.34. The van der Waals surface area contributed by atoms with E-state index in [1.54, 1.807) is 12.1 Å². The Morgan fingerprint density at radius 2 is 2.00 bits per heavy atom. The molecule has 0 aromatic heterocycles. The summed E-state index contributed by atoms with van der Waals surface area (Å²) in [5.41, 5.74) is 4.26. The van der Waals surface area contributed by atoms with Crippen LogP contribution in [-0.4, -0.2) is 40.9 Å². The summed E-state index contributed by atoms with van der Waals surface area (Å²) in [4.78, 5) is 25.9. The van der Waals surface area contributed by atoms with Gasteiger partial charge < -0.3 is 10.2 Å². The van der Waals surface area contributed by atoms with Crippen molar-refractivity contribution in [3.63, 3.8) is 0 Å². The van der Waals surface area contributed by atoms with Crippen molar-refractivity contribution in [2.75, 3.05) is 24.2 Å². The minimum absolute atomic E-state index is 0.0902. The Labute approximate surface area is 167 Å². The van der Waals surface area contributed by atoms with Gasteiger partial charge in [0.05, 0.1) is 0 Å². The summed E-state index contributed by atoms with van der Waals surface area (Å²) in [6, 6.07) is 14.5. The van der Waals surface area contributed by atoms with Gasteiger partial charge in [0.15, 0.2) is 0 Å². The fraction of sp³-hybridized carbons (Fsp3) is 0.263. The zero-order valence-corrected chi connectivity index (χ0v) is 16.2. The first-order valence-corrected chi connectivity index (χ1v) is 10.0. The highest BCUT2D eigenvalue weighted by Crippen LogP contribution is 2.27. The van der Waals surface area contributed by atoms with Crippen molar-refractivity contribution in [3.8, 4) is 0 Å². The molecular formula is C19H21ClN4O2S. The molecule has 0 saturated carbocycles. The van der Waals surface area contributed by atoms with Gasteiger partial charge >= 0.3 is 6.03 Å². The number of benzene rings is 2. The molecule has 1 aliphatic heterocycles. The molecule has 1 unspecified atom stereocenters. The molecule has 2 aromatic rings. The highest BCUT2D eigenvalue weighted by Gasteiger charge is 2.25. The van der Waals surface area contributed by atoms with Crippen LogP contribution >= 0.6 is 23.4 Å². The second-order valence-electron chi connectivity index (χ2n) is 6.22. The van der Waals surface area contributed by atoms with Crippen LogP contribution in [0.3, 0.4) is 0 Å². The molecule has 2 aromatic carbocycles. The summed E-state index contributed by atoms with van der Waals surface area (Å²) in [5, 5.41) is 3.70. The monoisotopic (exact) mass is 404 g/mol. The van der Waals surface area contributed by atoms with Crippen molar-refractivity contribution in [2.24, 2.45) is 5.84 Å². The number of urea groups is 1. The van der Waals surface area contributed by atoms with E-state index >= 15 is 0 Å². The fourth-order valence-electron chi connectivity index (χ4n) is 2.93. The van der Waals surface area contributed by atoms with E-state index in [4.69, 9.17) is 17.4 Å². The van der Waals surface area contributed by atoms with Gasteiger partial charge in [0, 0.05) is 40.4 Å². The van der Waals surface area contributed by atoms with Crippen LogP contribution in [0.25, 0.3) is 0 Å². The number of anilines is 1. The van der Waals surface area contributed by atoms with E-state index in [1.165, 1.54) is 0 Å². The van der Waals surface area contributed by atoms with Crippen LogP contribution in [0.5, 0.6) is 0 Å². The van der Waals surface area contributed by atoms with Crippen LogP contribution < -0.4 is 16.6 Å². The molecule has 1 heterocycles. The predicted octanol–water partition coefficient (Wildman–Crippen LogP) is 3.14. The number of hydrazine groups is 1. The Hall–Kier alpha value is -2.22. The lowest BCUT2D eigenvalue weighted by Crippen LogP contribution is -2.44. The zero-order valence-electron chi connectivity index (χ0n) is 14.7. The van der Waals surface area contributed by atoms with E-state index in [0.717, 1.165) is 23.4 Å². The molecule has 1 saturated heterocycles. The summed E-state index contributed by atoms with van der Waals surface area (Å²) >= 11 is 8.16. The average Bonchev–Trinajstić information content (AvgIpc) is 2.70. The molecule has 1 atom stereocenters. The number of carbonyl (C=O) groups excluding carboxylic acids is 2. The Morgan fingerprint density at radius 3 is 2.70 bits per heavy atom. The van der Waals surface area contributed by atoms with Crippen molar-refractivity contribution in [1.82, 2.24) is 10.3 Å². The number of para-hydroxylation sites is 1. The molecule has 0 spiro atoms. The van der Waals surface area contributed by atoms with Gasteiger partial charge in [-0.3, -0.25) is 10.2 Å². The number of nitrogens with one attached hydrogen (secondary N) is 2. The molecule has 142 valence electrons. The number of hydrogen-bond acceptors (Lipinski definition) is 4. The SMILES string of the molecule is NNC(=O)c1ccc(CC2CN(C(=O)Nc3ccccc3)CCS2)c(Cl)c1. The smallest absolute Gasteiger partial charge is 0.321 e. The molecule has 0 aliphatic carbocycles. The lowest BCUT2D eigenvalue weighted by atomic mass is 10.1. The van der Waals surface area contributed by atoms with Gasteiger partial charge in [-0.2, -0.15) is 11.8 Å². The molecule has 4 N–H and O–H groups in total. The Bertz CT molecular complexity index is 819. The number of halogens is 1. The molecule has 0 radical (unpaired) electrons. The van der Waals surface area contributed by atoms with Gasteiger partial charge in [-0.15, -0.1) is 0 Å². The summed E-state index contributed by atoms with van der Waals surface area (Å²) in [7, 11) is 0. The van der Waals surface area contributed by atoms with Gasteiger partial charge in [-0.25, -0.2) is 10.6 Å². The fourth-order valence-corrected chi connectivity index (χ4v) is 4.43. The molecule has 3 amide bonds. The van der Waals surface area contributed by atoms with Gasteiger partial charge in [0.25, 0.3) is 5.91 Å². The Kier molecular flexibility index (Phi) is 6.60. The summed E-state index contributed by atoms with van der Waals surface area (Å²) < 4.78 is 0. The molecule has 6 nitrogen and oxygen atoms in total. The third-order valence-corrected chi connectivity index (χ3v) is 5.90. The first kappa shape index (κ1) is 19.5. The first-order chi connectivity index (χ1) is 13.1. The van der Waals surface area contributed by atoms with E-state index in [2.05, 4.69) is 10.7 Å². The van der Waals surface area contributed by atoms with Crippen LogP contribution in [0.2, 0.25) is 5.02 Å². The number of rotatable bonds is 4. The third kappa shape index (κ3) is 5.15. The molecule has 27 heavy (non-hydrogen) atoms. The maximum Gasteiger partial charge on any atom is 0.321 e. The maximum absolute atomic E-state index is 12.5. The number of nitrogens with zero attached hydrogens (tertiary/aromatic N) is 1. The molecule has 8 heteroatoms. The predicted molar refractivity (Wildman–Crippen MR) is 110 cm³/mol. The Morgan fingerprint density at radius 1 is 1.22 bits per heavy atom. The largest absolute Gasteiger partial charge is 0.323 e. The topological polar surface area (TPSA) is 87.5 Å². The molecule has 1 fully saturated rings. The summed E-state index contributed by atoms with van der Waals surface area (Å²) in [5.74, 6) is 5.65. The van der Waals surface area contributed by atoms with Crippen molar-refractivity contribution in [3.05, 3.63) is 64.7 Å². The number of amides is 3. The number of thioether (sulfide) groups is 1. The Balaban J connectivity index is 1.61. The van der Waals surface area contributed by atoms with Crippen molar-refractivity contribution in [1.29, 1.82) is 0 Å². The van der Waals surface area contributed by atoms with Gasteiger partial charge in [0.2, 0.25) is 0 Å².